The minimum Gasteiger partial charge on any atom is -0.362 e. The Labute approximate surface area is 416 Å². The van der Waals surface area contributed by atoms with Gasteiger partial charge in [0.1, 0.15) is 18.4 Å². The molecule has 2 aliphatic rings. The summed E-state index contributed by atoms with van der Waals surface area (Å²) in [6.45, 7) is 16.9. The van der Waals surface area contributed by atoms with Gasteiger partial charge in [0.05, 0.1) is 19.6 Å². The van der Waals surface area contributed by atoms with Crippen molar-refractivity contribution < 1.29 is 33.6 Å². The van der Waals surface area contributed by atoms with E-state index in [1.165, 1.54) is 36.6 Å². The van der Waals surface area contributed by atoms with Gasteiger partial charge < -0.3 is 36.1 Å². The van der Waals surface area contributed by atoms with Crippen LogP contribution in [-0.2, 0) is 30.5 Å². The van der Waals surface area contributed by atoms with Gasteiger partial charge in [-0.1, -0.05) is 133 Å². The van der Waals surface area contributed by atoms with Crippen LogP contribution in [0.3, 0.4) is 0 Å². The van der Waals surface area contributed by atoms with Crippen LogP contribution in [0.2, 0.25) is 0 Å². The molecule has 14 nitrogen and oxygen atoms in total. The van der Waals surface area contributed by atoms with E-state index in [2.05, 4.69) is 66.9 Å². The summed E-state index contributed by atoms with van der Waals surface area (Å²) in [7, 11) is 0. The van der Waals surface area contributed by atoms with Crippen molar-refractivity contribution in [2.75, 3.05) is 39.3 Å². The van der Waals surface area contributed by atoms with Gasteiger partial charge in [-0.05, 0) is 69.2 Å². The fourth-order valence-electron chi connectivity index (χ4n) is 7.66. The molecule has 2 fully saturated rings. The second-order valence-electron chi connectivity index (χ2n) is 17.6. The molecule has 380 valence electrons. The van der Waals surface area contributed by atoms with Crippen LogP contribution in [0, 0.1) is 6.92 Å². The van der Waals surface area contributed by atoms with E-state index in [4.69, 9.17) is 0 Å². The number of benzene rings is 3. The van der Waals surface area contributed by atoms with Crippen molar-refractivity contribution in [3.63, 3.8) is 0 Å². The number of nitrogens with zero attached hydrogens (tertiary/aromatic N) is 2. The number of Topliss-reactive ketones (excluding diaryl/α,β-unsaturated/α-hetero) is 1. The Balaban J connectivity index is 0.000000326. The minimum absolute atomic E-state index is 0.0181. The van der Waals surface area contributed by atoms with Crippen molar-refractivity contribution >= 4 is 52.0 Å². The first-order valence-electron chi connectivity index (χ1n) is 25.4. The number of aromatic nitrogens is 1. The average molecular weight is 962 g/mol. The Kier molecular flexibility index (Phi) is 27.3. The maximum atomic E-state index is 12.5. The number of rotatable bonds is 18. The summed E-state index contributed by atoms with van der Waals surface area (Å²) in [6, 6.07) is 23.7. The number of ketones is 2. The van der Waals surface area contributed by atoms with E-state index in [-0.39, 0.29) is 54.5 Å². The van der Waals surface area contributed by atoms with E-state index >= 15 is 0 Å². The SMILES string of the molecule is C=C1CNC(=O)CNC(=O)CNC(=O)C2CCCCN12.CCCC.CCCCCC(=O)CC.Cc1cn(CC(=O)NCCCCCCNC(=O)c2ccc(C(=O)c3ccccc3)cc2)c2ccccc12. The first kappa shape index (κ1) is 57.7. The lowest BCUT2D eigenvalue weighted by Gasteiger charge is -2.37. The Morgan fingerprint density at radius 3 is 1.91 bits per heavy atom. The number of carbonyl (C=O) groups is 7. The molecule has 14 heteroatoms. The lowest BCUT2D eigenvalue weighted by Crippen LogP contribution is -2.53. The minimum atomic E-state index is -0.366. The topological polar surface area (TPSA) is 188 Å². The summed E-state index contributed by atoms with van der Waals surface area (Å²) in [5.74, 6) is -0.563. The van der Waals surface area contributed by atoms with Crippen molar-refractivity contribution in [3.05, 3.63) is 120 Å². The lowest BCUT2D eigenvalue weighted by molar-refractivity contribution is -0.130. The summed E-state index contributed by atoms with van der Waals surface area (Å²) in [5.41, 5.74) is 4.71. The number of fused-ring (bicyclic) bond motifs is 2. The summed E-state index contributed by atoms with van der Waals surface area (Å²) in [5, 5.41) is 14.9. The lowest BCUT2D eigenvalue weighted by atomic mass is 10.0. The molecule has 1 atom stereocenters. The van der Waals surface area contributed by atoms with Crippen LogP contribution < -0.4 is 26.6 Å². The van der Waals surface area contributed by atoms with Gasteiger partial charge in [0.2, 0.25) is 23.6 Å². The van der Waals surface area contributed by atoms with E-state index in [0.717, 1.165) is 75.5 Å². The molecule has 5 amide bonds. The largest absolute Gasteiger partial charge is 0.362 e. The highest BCUT2D eigenvalue weighted by Crippen LogP contribution is 2.22. The zero-order chi connectivity index (χ0) is 51.1. The van der Waals surface area contributed by atoms with Gasteiger partial charge in [0, 0.05) is 72.0 Å². The number of piperidine rings is 1. The van der Waals surface area contributed by atoms with Gasteiger partial charge >= 0.3 is 0 Å². The standard InChI is InChI=1S/C31H33N3O3.C13H20N4O3.C8H16O.C4H10/c1-23-21-34(28-14-8-7-13-27(23)28)22-29(35)32-19-9-2-3-10-20-33-31(37)26-17-15-25(16-18-26)30(36)24-11-5-4-6-12-24;1-9-6-14-11(18)7-15-12(19)8-16-13(20)10-4-2-3-5-17(9)10;1-3-5-6-7-8(9)4-2;1-3-4-2/h4-8,11-18,21H,2-3,9-10,19-20,22H2,1H3,(H,32,35)(H,33,37);10H,1-8H2,(H,14,18)(H,15,19)(H,16,20);3-7H2,1-2H3;3-4H2,1-2H3. The van der Waals surface area contributed by atoms with Crippen LogP contribution >= 0.6 is 0 Å². The Morgan fingerprint density at radius 1 is 0.657 bits per heavy atom. The van der Waals surface area contributed by atoms with Gasteiger partial charge in [0.25, 0.3) is 5.91 Å². The van der Waals surface area contributed by atoms with Crippen LogP contribution in [0.5, 0.6) is 0 Å². The van der Waals surface area contributed by atoms with E-state index in [1.54, 1.807) is 36.4 Å². The van der Waals surface area contributed by atoms with Gasteiger partial charge in [-0.2, -0.15) is 0 Å². The molecular weight excluding hydrogens is 883 g/mol. The number of hydrogen-bond donors (Lipinski definition) is 5. The first-order valence-corrected chi connectivity index (χ1v) is 25.4. The second kappa shape index (κ2) is 33.0. The third kappa shape index (κ3) is 21.0. The molecule has 0 saturated carbocycles. The highest BCUT2D eigenvalue weighted by Gasteiger charge is 2.30. The Hall–Kier alpha value is -6.57. The zero-order valence-corrected chi connectivity index (χ0v) is 42.5. The number of unbranched alkanes of at least 4 members (excludes halogenated alkanes) is 6. The molecule has 0 radical (unpaired) electrons. The zero-order valence-electron chi connectivity index (χ0n) is 42.5. The monoisotopic (exact) mass is 962 g/mol. The van der Waals surface area contributed by atoms with Gasteiger partial charge in [-0.3, -0.25) is 33.6 Å². The number of para-hydroxylation sites is 1. The third-order valence-electron chi connectivity index (χ3n) is 12.0. The normalized spacial score (nSPS) is 14.7. The predicted molar refractivity (Wildman–Crippen MR) is 279 cm³/mol. The van der Waals surface area contributed by atoms with E-state index < -0.39 is 0 Å². The summed E-state index contributed by atoms with van der Waals surface area (Å²) < 4.78 is 2.00. The molecule has 3 aromatic carbocycles. The molecule has 4 aromatic rings. The van der Waals surface area contributed by atoms with Crippen LogP contribution in [-0.4, -0.2) is 95.9 Å². The molecule has 6 rings (SSSR count). The van der Waals surface area contributed by atoms with E-state index in [1.807, 2.05) is 59.0 Å². The van der Waals surface area contributed by atoms with Crippen molar-refractivity contribution in [1.82, 2.24) is 36.1 Å². The fraction of sp³-hybridized carbons (Fsp3) is 0.482. The number of aryl methyl sites for hydroxylation is 1. The highest BCUT2D eigenvalue weighted by atomic mass is 16.2. The fourth-order valence-corrected chi connectivity index (χ4v) is 7.66. The summed E-state index contributed by atoms with van der Waals surface area (Å²) in [6.07, 6.45) is 16.1. The molecule has 5 N–H and O–H groups in total. The van der Waals surface area contributed by atoms with Crippen LogP contribution in [0.1, 0.15) is 149 Å². The highest BCUT2D eigenvalue weighted by molar-refractivity contribution is 6.09. The number of hydrogen-bond acceptors (Lipinski definition) is 8. The van der Waals surface area contributed by atoms with E-state index in [0.29, 0.717) is 55.1 Å². The molecule has 1 unspecified atom stereocenters. The molecule has 1 aromatic heterocycles. The summed E-state index contributed by atoms with van der Waals surface area (Å²) in [4.78, 5) is 85.0. The Bertz CT molecular complexity index is 2230. The molecule has 0 bridgehead atoms. The quantitative estimate of drug-likeness (QED) is 0.0486. The molecule has 0 aliphatic carbocycles. The van der Waals surface area contributed by atoms with Crippen molar-refractivity contribution in [1.29, 1.82) is 0 Å². The van der Waals surface area contributed by atoms with Crippen molar-refractivity contribution in [2.45, 2.75) is 137 Å². The molecule has 3 heterocycles. The predicted octanol–water partition coefficient (Wildman–Crippen LogP) is 8.36. The molecule has 70 heavy (non-hydrogen) atoms. The molecule has 2 saturated heterocycles. The van der Waals surface area contributed by atoms with Gasteiger partial charge in [0.15, 0.2) is 5.78 Å². The summed E-state index contributed by atoms with van der Waals surface area (Å²) >= 11 is 0. The average Bonchev–Trinajstić information content (AvgIpc) is 3.71. The molecular formula is C56H79N7O7. The van der Waals surface area contributed by atoms with Gasteiger partial charge in [-0.25, -0.2) is 0 Å². The van der Waals surface area contributed by atoms with Crippen LogP contribution in [0.15, 0.2) is 97.3 Å². The molecule has 2 aliphatic heterocycles. The third-order valence-corrected chi connectivity index (χ3v) is 12.0. The number of amides is 5. The van der Waals surface area contributed by atoms with Crippen LogP contribution in [0.25, 0.3) is 10.9 Å². The maximum Gasteiger partial charge on any atom is 0.251 e. The number of nitrogens with one attached hydrogen (secondary N) is 5. The smallest absolute Gasteiger partial charge is 0.251 e. The number of carbonyl (C=O) groups excluding carboxylic acids is 7. The van der Waals surface area contributed by atoms with Crippen molar-refractivity contribution in [2.24, 2.45) is 0 Å². The second-order valence-corrected chi connectivity index (χ2v) is 17.6. The maximum absolute atomic E-state index is 12.5. The first-order chi connectivity index (χ1) is 33.8. The Morgan fingerprint density at radius 2 is 1.26 bits per heavy atom. The van der Waals surface area contributed by atoms with Crippen molar-refractivity contribution in [3.8, 4) is 0 Å². The van der Waals surface area contributed by atoms with E-state index in [9.17, 15) is 33.6 Å². The van der Waals surface area contributed by atoms with Crippen LogP contribution in [0.4, 0.5) is 0 Å². The van der Waals surface area contributed by atoms with Gasteiger partial charge in [-0.15, -0.1) is 0 Å². The molecule has 0 spiro atoms.